The topological polar surface area (TPSA) is 17.1 Å². The molecule has 0 aromatic carbocycles. The predicted octanol–water partition coefficient (Wildman–Crippen LogP) is 1.98. The molecule has 0 bridgehead atoms. The molecular formula is C10H14OSSi. The first kappa shape index (κ1) is 10.4. The minimum Gasteiger partial charge on any atom is -0.297 e. The number of hydrogen-bond donors (Lipinski definition) is 0. The van der Waals surface area contributed by atoms with E-state index in [-0.39, 0.29) is 0 Å². The number of aldehydes is 1. The molecule has 0 aliphatic rings. The molecule has 0 N–H and O–H groups in total. The third kappa shape index (κ3) is 2.38. The molecule has 1 aromatic heterocycles. The Hall–Kier alpha value is -0.673. The lowest BCUT2D eigenvalue weighted by Crippen LogP contribution is -2.23. The van der Waals surface area contributed by atoms with Gasteiger partial charge in [0, 0.05) is 4.88 Å². The molecule has 0 saturated heterocycles. The van der Waals surface area contributed by atoms with E-state index in [4.69, 9.17) is 0 Å². The summed E-state index contributed by atoms with van der Waals surface area (Å²) in [4.78, 5) is 12.8. The van der Waals surface area contributed by atoms with E-state index in [1.54, 1.807) is 11.3 Å². The Labute approximate surface area is 84.7 Å². The number of hydrogen-bond acceptors (Lipinski definition) is 2. The summed E-state index contributed by atoms with van der Waals surface area (Å²) in [6, 6.07) is 2.05. The Morgan fingerprint density at radius 1 is 1.62 bits per heavy atom. The van der Waals surface area contributed by atoms with Crippen molar-refractivity contribution in [2.75, 3.05) is 0 Å². The molecule has 0 unspecified atom stereocenters. The lowest BCUT2D eigenvalue weighted by molar-refractivity contribution is 0.112. The van der Waals surface area contributed by atoms with Gasteiger partial charge in [0.1, 0.15) is 0 Å². The van der Waals surface area contributed by atoms with E-state index in [1.165, 1.54) is 10.1 Å². The SMILES string of the molecule is C=CCc1sc(C=O)cc1[SiH](C)C. The van der Waals surface area contributed by atoms with Crippen LogP contribution in [0.3, 0.4) is 0 Å². The van der Waals surface area contributed by atoms with Crippen LogP contribution in [0.15, 0.2) is 18.7 Å². The average Bonchev–Trinajstić information content (AvgIpc) is 2.48. The smallest absolute Gasteiger partial charge is 0.159 e. The van der Waals surface area contributed by atoms with Crippen molar-refractivity contribution in [2.24, 2.45) is 0 Å². The van der Waals surface area contributed by atoms with E-state index in [2.05, 4.69) is 19.7 Å². The molecular weight excluding hydrogens is 196 g/mol. The summed E-state index contributed by atoms with van der Waals surface area (Å²) < 4.78 is 0. The highest BCUT2D eigenvalue weighted by Gasteiger charge is 2.10. The minimum absolute atomic E-state index is 0.789. The zero-order valence-electron chi connectivity index (χ0n) is 8.04. The molecule has 0 aliphatic carbocycles. The fraction of sp³-hybridized carbons (Fsp3) is 0.300. The summed E-state index contributed by atoms with van der Waals surface area (Å²) in [5.74, 6) is 0. The lowest BCUT2D eigenvalue weighted by Gasteiger charge is -2.02. The summed E-state index contributed by atoms with van der Waals surface area (Å²) in [7, 11) is -0.789. The van der Waals surface area contributed by atoms with Gasteiger partial charge in [-0.05, 0) is 17.7 Å². The number of carbonyl (C=O) groups is 1. The molecule has 0 saturated carbocycles. The molecule has 0 radical (unpaired) electrons. The minimum atomic E-state index is -0.789. The van der Waals surface area contributed by atoms with Crippen molar-refractivity contribution < 1.29 is 4.79 Å². The van der Waals surface area contributed by atoms with E-state index in [1.807, 2.05) is 12.1 Å². The fourth-order valence-electron chi connectivity index (χ4n) is 1.30. The number of allylic oxidation sites excluding steroid dienone is 1. The maximum Gasteiger partial charge on any atom is 0.159 e. The predicted molar refractivity (Wildman–Crippen MR) is 62.1 cm³/mol. The van der Waals surface area contributed by atoms with Gasteiger partial charge in [0.25, 0.3) is 0 Å². The third-order valence-corrected chi connectivity index (χ3v) is 5.00. The Bertz CT molecular complexity index is 315. The molecule has 0 fully saturated rings. The molecule has 3 heteroatoms. The van der Waals surface area contributed by atoms with E-state index in [0.717, 1.165) is 17.6 Å². The Morgan fingerprint density at radius 3 is 2.77 bits per heavy atom. The lowest BCUT2D eigenvalue weighted by atomic mass is 10.3. The third-order valence-electron chi connectivity index (χ3n) is 1.93. The van der Waals surface area contributed by atoms with E-state index in [0.29, 0.717) is 0 Å². The van der Waals surface area contributed by atoms with Crippen LogP contribution in [-0.4, -0.2) is 15.1 Å². The van der Waals surface area contributed by atoms with Gasteiger partial charge < -0.3 is 0 Å². The largest absolute Gasteiger partial charge is 0.297 e. The van der Waals surface area contributed by atoms with Crippen molar-refractivity contribution in [2.45, 2.75) is 19.5 Å². The molecule has 13 heavy (non-hydrogen) atoms. The molecule has 1 heterocycles. The quantitative estimate of drug-likeness (QED) is 0.422. The van der Waals surface area contributed by atoms with Crippen LogP contribution >= 0.6 is 11.3 Å². The highest BCUT2D eigenvalue weighted by Crippen LogP contribution is 2.14. The van der Waals surface area contributed by atoms with Gasteiger partial charge in [0.2, 0.25) is 0 Å². The van der Waals surface area contributed by atoms with Crippen molar-refractivity contribution in [3.63, 3.8) is 0 Å². The van der Waals surface area contributed by atoms with Crippen LogP contribution < -0.4 is 5.19 Å². The van der Waals surface area contributed by atoms with E-state index >= 15 is 0 Å². The molecule has 0 aliphatic heterocycles. The fourth-order valence-corrected chi connectivity index (χ4v) is 4.48. The maximum absolute atomic E-state index is 10.6. The van der Waals surface area contributed by atoms with Crippen LogP contribution in [0.1, 0.15) is 14.5 Å². The summed E-state index contributed by atoms with van der Waals surface area (Å²) in [5, 5.41) is 1.42. The van der Waals surface area contributed by atoms with Gasteiger partial charge in [-0.2, -0.15) is 0 Å². The second kappa shape index (κ2) is 4.53. The summed E-state index contributed by atoms with van der Waals surface area (Å²) in [6.07, 6.45) is 3.75. The second-order valence-corrected chi connectivity index (χ2v) is 7.39. The highest BCUT2D eigenvalue weighted by atomic mass is 32.1. The van der Waals surface area contributed by atoms with Crippen molar-refractivity contribution in [3.05, 3.63) is 28.5 Å². The first-order chi connectivity index (χ1) is 6.19. The normalized spacial score (nSPS) is 10.4. The zero-order chi connectivity index (χ0) is 9.84. The van der Waals surface area contributed by atoms with Crippen molar-refractivity contribution >= 4 is 31.6 Å². The first-order valence-corrected chi connectivity index (χ1v) is 8.08. The van der Waals surface area contributed by atoms with Gasteiger partial charge in [0.15, 0.2) is 6.29 Å². The van der Waals surface area contributed by atoms with Gasteiger partial charge in [-0.25, -0.2) is 0 Å². The summed E-state index contributed by atoms with van der Waals surface area (Å²) in [5.41, 5.74) is 0. The Kier molecular flexibility index (Phi) is 3.63. The van der Waals surface area contributed by atoms with E-state index in [9.17, 15) is 4.79 Å². The standard InChI is InChI=1S/C10H14OSSi/c1-4-5-9-10(13(2)3)6-8(7-11)12-9/h4,6-7,13H,1,5H2,2-3H3. The van der Waals surface area contributed by atoms with Crippen molar-refractivity contribution in [1.29, 1.82) is 0 Å². The maximum atomic E-state index is 10.6. The number of rotatable bonds is 4. The van der Waals surface area contributed by atoms with Crippen LogP contribution in [0.2, 0.25) is 13.1 Å². The molecule has 0 amide bonds. The van der Waals surface area contributed by atoms with Gasteiger partial charge in [-0.3, -0.25) is 4.79 Å². The number of carbonyl (C=O) groups excluding carboxylic acids is 1. The van der Waals surface area contributed by atoms with Crippen LogP contribution in [0.5, 0.6) is 0 Å². The Morgan fingerprint density at radius 2 is 2.31 bits per heavy atom. The van der Waals surface area contributed by atoms with Crippen LogP contribution in [0.25, 0.3) is 0 Å². The van der Waals surface area contributed by atoms with E-state index < -0.39 is 8.80 Å². The zero-order valence-corrected chi connectivity index (χ0v) is 10.0. The monoisotopic (exact) mass is 210 g/mol. The van der Waals surface area contributed by atoms with Gasteiger partial charge in [0.05, 0.1) is 13.7 Å². The highest BCUT2D eigenvalue weighted by molar-refractivity contribution is 7.15. The molecule has 70 valence electrons. The summed E-state index contributed by atoms with van der Waals surface area (Å²) >= 11 is 1.61. The van der Waals surface area contributed by atoms with Gasteiger partial charge >= 0.3 is 0 Å². The second-order valence-electron chi connectivity index (χ2n) is 3.29. The molecule has 1 rings (SSSR count). The average molecular weight is 210 g/mol. The summed E-state index contributed by atoms with van der Waals surface area (Å²) in [6.45, 7) is 8.29. The van der Waals surface area contributed by atoms with Crippen LogP contribution in [-0.2, 0) is 6.42 Å². The Balaban J connectivity index is 3.06. The van der Waals surface area contributed by atoms with Gasteiger partial charge in [-0.15, -0.1) is 17.9 Å². The molecule has 0 spiro atoms. The van der Waals surface area contributed by atoms with Crippen molar-refractivity contribution in [1.82, 2.24) is 0 Å². The molecule has 0 atom stereocenters. The van der Waals surface area contributed by atoms with Gasteiger partial charge in [-0.1, -0.05) is 19.2 Å². The number of thiophene rings is 1. The molecule has 1 nitrogen and oxygen atoms in total. The molecule has 1 aromatic rings. The first-order valence-electron chi connectivity index (χ1n) is 4.37. The van der Waals surface area contributed by atoms with Crippen LogP contribution in [0, 0.1) is 0 Å². The van der Waals surface area contributed by atoms with Crippen molar-refractivity contribution in [3.8, 4) is 0 Å². The van der Waals surface area contributed by atoms with Crippen LogP contribution in [0.4, 0.5) is 0 Å².